The number of hydrogen-bond acceptors (Lipinski definition) is 6. The van der Waals surface area contributed by atoms with E-state index in [0.29, 0.717) is 6.42 Å². The number of nitrogens with one attached hydrogen (secondary N) is 1. The quantitative estimate of drug-likeness (QED) is 0.679. The Balaban J connectivity index is 1.19. The maximum atomic E-state index is 12.3. The van der Waals surface area contributed by atoms with Crippen molar-refractivity contribution in [1.29, 1.82) is 0 Å². The zero-order valence-corrected chi connectivity index (χ0v) is 16.6. The van der Waals surface area contributed by atoms with Gasteiger partial charge in [-0.1, -0.05) is 0 Å². The Bertz CT molecular complexity index is 654. The molecule has 0 unspecified atom stereocenters. The van der Waals surface area contributed by atoms with Gasteiger partial charge in [0.05, 0.1) is 17.3 Å². The number of esters is 1. The summed E-state index contributed by atoms with van der Waals surface area (Å²) in [5, 5.41) is 3.15. The highest BCUT2D eigenvalue weighted by Crippen LogP contribution is 2.55. The van der Waals surface area contributed by atoms with Gasteiger partial charge < -0.3 is 10.1 Å². The summed E-state index contributed by atoms with van der Waals surface area (Å²) in [6, 6.07) is 0. The molecule has 5 rings (SSSR count). The molecule has 26 heavy (non-hydrogen) atoms. The van der Waals surface area contributed by atoms with Crippen LogP contribution in [-0.2, 0) is 24.2 Å². The molecule has 146 valence electrons. The van der Waals surface area contributed by atoms with Crippen LogP contribution in [0.25, 0.3) is 0 Å². The predicted octanol–water partition coefficient (Wildman–Crippen LogP) is 1.53. The minimum Gasteiger partial charge on any atom is -0.455 e. The van der Waals surface area contributed by atoms with Crippen molar-refractivity contribution in [2.75, 3.05) is 23.9 Å². The second kappa shape index (κ2) is 7.00. The Hall–Kier alpha value is -0.760. The van der Waals surface area contributed by atoms with E-state index in [-0.39, 0.29) is 40.6 Å². The molecule has 4 bridgehead atoms. The molecule has 1 N–H and O–H groups in total. The number of amides is 1. The van der Waals surface area contributed by atoms with Crippen molar-refractivity contribution in [2.24, 2.45) is 17.8 Å². The highest BCUT2D eigenvalue weighted by atomic mass is 32.2. The Kier molecular flexibility index (Phi) is 5.01. The fraction of sp³-hybridized carbons (Fsp3) is 0.889. The van der Waals surface area contributed by atoms with Gasteiger partial charge in [0, 0.05) is 10.8 Å². The third-order valence-corrected chi connectivity index (χ3v) is 9.69. The molecule has 5 aliphatic rings. The lowest BCUT2D eigenvalue weighted by Crippen LogP contribution is -2.60. The molecule has 0 aromatic carbocycles. The van der Waals surface area contributed by atoms with Crippen LogP contribution < -0.4 is 5.32 Å². The molecule has 0 aromatic heterocycles. The third-order valence-electron chi connectivity index (χ3n) is 6.43. The van der Waals surface area contributed by atoms with Gasteiger partial charge in [-0.2, -0.15) is 0 Å². The number of ether oxygens (including phenoxy) is 1. The lowest BCUT2D eigenvalue weighted by molar-refractivity contribution is -0.147. The highest BCUT2D eigenvalue weighted by molar-refractivity contribution is 8.02. The minimum absolute atomic E-state index is 0.0339. The van der Waals surface area contributed by atoms with E-state index in [1.54, 1.807) is 0 Å². The van der Waals surface area contributed by atoms with E-state index in [4.69, 9.17) is 4.74 Å². The summed E-state index contributed by atoms with van der Waals surface area (Å²) in [6.45, 7) is -0.232. The standard InChI is InChI=1S/C18H27NO5S2/c20-16(9-24-17(21)10-25-15-1-2-26(22,23)11-15)19-18-6-12-3-13(7-18)5-14(4-12)8-18/h12-15H,1-11H2,(H,19,20)/t12?,13?,14?,15-,18?/m1/s1. The van der Waals surface area contributed by atoms with Crippen LogP contribution in [0.2, 0.25) is 0 Å². The zero-order valence-electron chi connectivity index (χ0n) is 14.9. The Morgan fingerprint density at radius 3 is 2.23 bits per heavy atom. The Morgan fingerprint density at radius 2 is 1.69 bits per heavy atom. The van der Waals surface area contributed by atoms with E-state index >= 15 is 0 Å². The lowest BCUT2D eigenvalue weighted by atomic mass is 9.53. The van der Waals surface area contributed by atoms with Gasteiger partial charge in [0.15, 0.2) is 16.4 Å². The van der Waals surface area contributed by atoms with Gasteiger partial charge in [-0.15, -0.1) is 11.8 Å². The summed E-state index contributed by atoms with van der Waals surface area (Å²) in [6.07, 6.45) is 7.77. The zero-order chi connectivity index (χ0) is 18.4. The molecule has 1 heterocycles. The van der Waals surface area contributed by atoms with E-state index in [0.717, 1.165) is 37.0 Å². The van der Waals surface area contributed by atoms with Crippen LogP contribution in [0, 0.1) is 17.8 Å². The molecule has 1 atom stereocenters. The number of rotatable bonds is 6. The van der Waals surface area contributed by atoms with E-state index in [2.05, 4.69) is 5.32 Å². The summed E-state index contributed by atoms with van der Waals surface area (Å²) < 4.78 is 27.9. The first-order valence-corrected chi connectivity index (χ1v) is 12.5. The monoisotopic (exact) mass is 401 g/mol. The molecule has 0 aromatic rings. The van der Waals surface area contributed by atoms with E-state index in [1.165, 1.54) is 31.0 Å². The van der Waals surface area contributed by atoms with Gasteiger partial charge in [0.2, 0.25) is 0 Å². The average molecular weight is 402 g/mol. The molecule has 4 saturated carbocycles. The first kappa shape index (κ1) is 18.6. The molecule has 1 aliphatic heterocycles. The highest BCUT2D eigenvalue weighted by Gasteiger charge is 2.51. The second-order valence-corrected chi connectivity index (χ2v) is 12.3. The predicted molar refractivity (Wildman–Crippen MR) is 99.5 cm³/mol. The van der Waals surface area contributed by atoms with E-state index in [9.17, 15) is 18.0 Å². The molecule has 8 heteroatoms. The number of carbonyl (C=O) groups is 2. The summed E-state index contributed by atoms with van der Waals surface area (Å²) in [5.41, 5.74) is -0.0643. The molecule has 1 amide bonds. The summed E-state index contributed by atoms with van der Waals surface area (Å²) in [5.74, 6) is 2.05. The van der Waals surface area contributed by atoms with Crippen molar-refractivity contribution < 1.29 is 22.7 Å². The summed E-state index contributed by atoms with van der Waals surface area (Å²) in [4.78, 5) is 24.2. The fourth-order valence-electron chi connectivity index (χ4n) is 5.86. The number of sulfone groups is 1. The average Bonchev–Trinajstić information content (AvgIpc) is 2.88. The molecule has 0 radical (unpaired) electrons. The Labute approximate surface area is 159 Å². The molecule has 4 aliphatic carbocycles. The maximum Gasteiger partial charge on any atom is 0.316 e. The van der Waals surface area contributed by atoms with Crippen molar-refractivity contribution in [3.8, 4) is 0 Å². The van der Waals surface area contributed by atoms with Gasteiger partial charge in [-0.05, 0) is 62.7 Å². The van der Waals surface area contributed by atoms with Crippen molar-refractivity contribution in [1.82, 2.24) is 5.32 Å². The van der Waals surface area contributed by atoms with Gasteiger partial charge in [-0.25, -0.2) is 8.42 Å². The first-order chi connectivity index (χ1) is 12.3. The van der Waals surface area contributed by atoms with Crippen LogP contribution in [0.15, 0.2) is 0 Å². The molecule has 6 nitrogen and oxygen atoms in total. The number of thioether (sulfide) groups is 1. The van der Waals surface area contributed by atoms with Gasteiger partial charge >= 0.3 is 5.97 Å². The van der Waals surface area contributed by atoms with E-state index < -0.39 is 15.8 Å². The van der Waals surface area contributed by atoms with Crippen molar-refractivity contribution >= 4 is 33.5 Å². The molecule has 1 saturated heterocycles. The van der Waals surface area contributed by atoms with Gasteiger partial charge in [0.25, 0.3) is 5.91 Å². The number of carbonyl (C=O) groups excluding carboxylic acids is 2. The SMILES string of the molecule is O=C(COC(=O)CS[C@@H]1CCS(=O)(=O)C1)NC12CC3CC(CC(C3)C1)C2. The molecular formula is C18H27NO5S2. The van der Waals surface area contributed by atoms with Crippen LogP contribution in [0.1, 0.15) is 44.9 Å². The van der Waals surface area contributed by atoms with Crippen molar-refractivity contribution in [3.63, 3.8) is 0 Å². The van der Waals surface area contributed by atoms with Crippen LogP contribution in [-0.4, -0.2) is 54.9 Å². The van der Waals surface area contributed by atoms with Crippen molar-refractivity contribution in [3.05, 3.63) is 0 Å². The van der Waals surface area contributed by atoms with Crippen LogP contribution >= 0.6 is 11.8 Å². The summed E-state index contributed by atoms with van der Waals surface area (Å²) >= 11 is 1.32. The van der Waals surface area contributed by atoms with Gasteiger partial charge in [0.1, 0.15) is 0 Å². The first-order valence-electron chi connectivity index (χ1n) is 9.59. The normalized spacial score (nSPS) is 39.7. The fourth-order valence-corrected chi connectivity index (χ4v) is 9.30. The summed E-state index contributed by atoms with van der Waals surface area (Å²) in [7, 11) is -2.93. The van der Waals surface area contributed by atoms with Crippen LogP contribution in [0.5, 0.6) is 0 Å². The number of hydrogen-bond donors (Lipinski definition) is 1. The smallest absolute Gasteiger partial charge is 0.316 e. The Morgan fingerprint density at radius 1 is 1.08 bits per heavy atom. The van der Waals surface area contributed by atoms with Crippen LogP contribution in [0.4, 0.5) is 0 Å². The lowest BCUT2D eigenvalue weighted by Gasteiger charge is -2.56. The second-order valence-electron chi connectivity index (χ2n) is 8.74. The third kappa shape index (κ3) is 4.21. The largest absolute Gasteiger partial charge is 0.455 e. The molecule has 5 fully saturated rings. The van der Waals surface area contributed by atoms with E-state index in [1.807, 2.05) is 0 Å². The minimum atomic E-state index is -2.93. The van der Waals surface area contributed by atoms with Crippen LogP contribution in [0.3, 0.4) is 0 Å². The van der Waals surface area contributed by atoms with Crippen molar-refractivity contribution in [2.45, 2.75) is 55.7 Å². The topological polar surface area (TPSA) is 89.5 Å². The maximum absolute atomic E-state index is 12.3. The van der Waals surface area contributed by atoms with Gasteiger partial charge in [-0.3, -0.25) is 9.59 Å². The molecule has 0 spiro atoms. The molecular weight excluding hydrogens is 374 g/mol.